The van der Waals surface area contributed by atoms with Gasteiger partial charge >= 0.3 is 0 Å². The molecule has 1 atom stereocenters. The van der Waals surface area contributed by atoms with E-state index in [1.54, 1.807) is 0 Å². The summed E-state index contributed by atoms with van der Waals surface area (Å²) < 4.78 is 2.36. The fraction of sp³-hybridized carbons (Fsp3) is 0.0233. The van der Waals surface area contributed by atoms with E-state index in [2.05, 4.69) is 179 Å². The fourth-order valence-corrected chi connectivity index (χ4v) is 7.72. The lowest BCUT2D eigenvalue weighted by molar-refractivity contribution is 0.416. The van der Waals surface area contributed by atoms with Crippen molar-refractivity contribution >= 4 is 44.5 Å². The summed E-state index contributed by atoms with van der Waals surface area (Å²) >= 11 is 0. The van der Waals surface area contributed by atoms with Gasteiger partial charge in [0.2, 0.25) is 0 Å². The van der Waals surface area contributed by atoms with Crippen LogP contribution in [-0.2, 0) is 0 Å². The van der Waals surface area contributed by atoms with Crippen molar-refractivity contribution in [2.24, 2.45) is 0 Å². The van der Waals surface area contributed by atoms with Crippen molar-refractivity contribution in [3.05, 3.63) is 186 Å². The Bertz CT molecular complexity index is 2380. The Balaban J connectivity index is 0.946. The first-order chi connectivity index (χ1) is 22.8. The molecule has 3 aliphatic rings. The van der Waals surface area contributed by atoms with Gasteiger partial charge in [-0.1, -0.05) is 109 Å². The van der Waals surface area contributed by atoms with Gasteiger partial charge in [-0.2, -0.15) is 0 Å². The number of hydrogen-bond donors (Lipinski definition) is 1. The van der Waals surface area contributed by atoms with Crippen molar-refractivity contribution in [3.8, 4) is 16.8 Å². The summed E-state index contributed by atoms with van der Waals surface area (Å²) in [5.41, 5.74) is 16.2. The molecule has 1 N–H and O–H groups in total. The van der Waals surface area contributed by atoms with Gasteiger partial charge in [-0.25, -0.2) is 0 Å². The highest BCUT2D eigenvalue weighted by molar-refractivity contribution is 6.09. The van der Waals surface area contributed by atoms with Gasteiger partial charge in [-0.3, -0.25) is 0 Å². The normalized spacial score (nSPS) is 16.0. The molecule has 0 saturated heterocycles. The van der Waals surface area contributed by atoms with Crippen molar-refractivity contribution in [3.63, 3.8) is 0 Å². The first-order valence-electron chi connectivity index (χ1n) is 15.9. The average Bonchev–Trinajstić information content (AvgIpc) is 3.62. The van der Waals surface area contributed by atoms with E-state index in [4.69, 9.17) is 0 Å². The predicted molar refractivity (Wildman–Crippen MR) is 191 cm³/mol. The number of nitrogens with one attached hydrogen (secondary N) is 1. The maximum Gasteiger partial charge on any atom is 0.0878 e. The Labute approximate surface area is 267 Å². The minimum absolute atomic E-state index is 0.262. The van der Waals surface area contributed by atoms with Crippen molar-refractivity contribution in [1.29, 1.82) is 0 Å². The molecule has 10 rings (SSSR count). The molecule has 0 aliphatic carbocycles. The van der Waals surface area contributed by atoms with E-state index in [1.165, 1.54) is 72.3 Å². The molecule has 7 aromatic rings. The van der Waals surface area contributed by atoms with Gasteiger partial charge in [0.05, 0.1) is 17.1 Å². The molecule has 46 heavy (non-hydrogen) atoms. The van der Waals surface area contributed by atoms with Gasteiger partial charge in [0.15, 0.2) is 0 Å². The van der Waals surface area contributed by atoms with Crippen molar-refractivity contribution in [2.45, 2.75) is 6.04 Å². The maximum absolute atomic E-state index is 3.74. The molecule has 3 heteroatoms. The number of allylic oxidation sites excluding steroid dienone is 3. The van der Waals surface area contributed by atoms with Crippen LogP contribution in [0.15, 0.2) is 170 Å². The molecular weight excluding hydrogens is 558 g/mol. The van der Waals surface area contributed by atoms with Crippen LogP contribution < -0.4 is 5.32 Å². The Kier molecular flexibility index (Phi) is 5.34. The number of aromatic nitrogens is 1. The third kappa shape index (κ3) is 3.60. The van der Waals surface area contributed by atoms with Crippen molar-refractivity contribution in [1.82, 2.24) is 9.47 Å². The van der Waals surface area contributed by atoms with E-state index >= 15 is 0 Å². The van der Waals surface area contributed by atoms with Gasteiger partial charge in [0.1, 0.15) is 0 Å². The first-order valence-corrected chi connectivity index (χ1v) is 15.9. The number of para-hydroxylation sites is 3. The number of anilines is 2. The van der Waals surface area contributed by atoms with E-state index < -0.39 is 0 Å². The molecule has 0 fully saturated rings. The van der Waals surface area contributed by atoms with E-state index in [0.29, 0.717) is 0 Å². The third-order valence-electron chi connectivity index (χ3n) is 9.79. The Hall–Kier alpha value is -6.06. The smallest absolute Gasteiger partial charge is 0.0878 e. The third-order valence-corrected chi connectivity index (χ3v) is 9.79. The highest BCUT2D eigenvalue weighted by Crippen LogP contribution is 2.60. The van der Waals surface area contributed by atoms with E-state index in [-0.39, 0.29) is 6.04 Å². The van der Waals surface area contributed by atoms with E-state index in [1.807, 2.05) is 0 Å². The number of fused-ring (bicyclic) bond motifs is 6. The molecule has 0 amide bonds. The molecule has 0 bridgehead atoms. The number of rotatable bonds is 5. The predicted octanol–water partition coefficient (Wildman–Crippen LogP) is 10.9. The van der Waals surface area contributed by atoms with Crippen LogP contribution in [0.2, 0.25) is 0 Å². The van der Waals surface area contributed by atoms with Crippen LogP contribution in [-0.4, -0.2) is 9.47 Å². The van der Waals surface area contributed by atoms with Gasteiger partial charge in [-0.05, 0) is 71.3 Å². The second-order valence-electron chi connectivity index (χ2n) is 12.2. The van der Waals surface area contributed by atoms with Crippen LogP contribution in [0.1, 0.15) is 22.7 Å². The quantitative estimate of drug-likeness (QED) is 0.216. The lowest BCUT2D eigenvalue weighted by Crippen LogP contribution is -2.33. The standard InChI is InChI=1S/C43H29N3/c1-2-13-35-34(12-1)40-18-9-19-41-42(43(35)46(40)41)36-14-3-6-15-37(36)44-30-24-20-28(21-25-30)29-22-26-31(27-23-29)45-38-16-7-4-10-32(38)33-11-5-8-17-39(33)45/h1-27,43-44H. The second kappa shape index (κ2) is 9.72. The molecule has 0 radical (unpaired) electrons. The number of benzene rings is 6. The van der Waals surface area contributed by atoms with E-state index in [9.17, 15) is 0 Å². The van der Waals surface area contributed by atoms with Crippen molar-refractivity contribution in [2.75, 3.05) is 5.32 Å². The summed E-state index contributed by atoms with van der Waals surface area (Å²) in [7, 11) is 0. The summed E-state index contributed by atoms with van der Waals surface area (Å²) in [5, 5.41) is 6.31. The molecule has 6 aromatic carbocycles. The topological polar surface area (TPSA) is 20.2 Å². The Morgan fingerprint density at radius 1 is 0.543 bits per heavy atom. The van der Waals surface area contributed by atoms with Gasteiger partial charge in [0, 0.05) is 55.9 Å². The molecule has 1 aromatic heterocycles. The minimum Gasteiger partial charge on any atom is -0.355 e. The average molecular weight is 588 g/mol. The van der Waals surface area contributed by atoms with Crippen LogP contribution in [0.3, 0.4) is 0 Å². The zero-order chi connectivity index (χ0) is 30.2. The molecule has 0 spiro atoms. The van der Waals surface area contributed by atoms with Gasteiger partial charge < -0.3 is 14.8 Å². The molecule has 0 saturated carbocycles. The summed E-state index contributed by atoms with van der Waals surface area (Å²) in [6, 6.07) is 52.8. The minimum atomic E-state index is 0.262. The molecule has 216 valence electrons. The first kappa shape index (κ1) is 25.3. The van der Waals surface area contributed by atoms with Crippen LogP contribution in [0.5, 0.6) is 0 Å². The molecule has 1 unspecified atom stereocenters. The van der Waals surface area contributed by atoms with Gasteiger partial charge in [0.25, 0.3) is 0 Å². The zero-order valence-corrected chi connectivity index (χ0v) is 25.1. The highest BCUT2D eigenvalue weighted by atomic mass is 15.3. The monoisotopic (exact) mass is 587 g/mol. The Morgan fingerprint density at radius 2 is 1.15 bits per heavy atom. The highest BCUT2D eigenvalue weighted by Gasteiger charge is 2.47. The van der Waals surface area contributed by atoms with Crippen LogP contribution in [0.4, 0.5) is 11.4 Å². The maximum atomic E-state index is 3.74. The number of nitrogens with zero attached hydrogens (tertiary/aromatic N) is 2. The molecule has 3 aliphatic heterocycles. The lowest BCUT2D eigenvalue weighted by atomic mass is 9.84. The van der Waals surface area contributed by atoms with Crippen LogP contribution in [0, 0.1) is 0 Å². The second-order valence-corrected chi connectivity index (χ2v) is 12.2. The summed E-state index contributed by atoms with van der Waals surface area (Å²) in [5.74, 6) is 0. The Morgan fingerprint density at radius 3 is 1.89 bits per heavy atom. The van der Waals surface area contributed by atoms with Crippen molar-refractivity contribution < 1.29 is 0 Å². The van der Waals surface area contributed by atoms with Crippen LogP contribution in [0.25, 0.3) is 49.9 Å². The summed E-state index contributed by atoms with van der Waals surface area (Å²) in [6.45, 7) is 0. The zero-order valence-electron chi connectivity index (χ0n) is 25.1. The summed E-state index contributed by atoms with van der Waals surface area (Å²) in [4.78, 5) is 2.48. The summed E-state index contributed by atoms with van der Waals surface area (Å²) in [6.07, 6.45) is 6.67. The molecule has 3 nitrogen and oxygen atoms in total. The number of hydrogen-bond acceptors (Lipinski definition) is 2. The lowest BCUT2D eigenvalue weighted by Gasteiger charge is -2.44. The largest absolute Gasteiger partial charge is 0.355 e. The van der Waals surface area contributed by atoms with Crippen LogP contribution >= 0.6 is 0 Å². The molecular formula is C43H29N3. The van der Waals surface area contributed by atoms with Gasteiger partial charge in [-0.15, -0.1) is 0 Å². The SMILES string of the molecule is C1=CC2=C(c3ccccc3Nc3ccc(-c4ccc(-n5c6ccccc6c6ccccc65)cc4)cc3)C3c4ccccc4C(=C1)N23. The molecule has 4 heterocycles. The van der Waals surface area contributed by atoms with E-state index in [0.717, 1.165) is 11.4 Å². The fourth-order valence-electron chi connectivity index (χ4n) is 7.72.